The molecule has 3 aromatic rings. The number of aromatic nitrogens is 3. The molecule has 1 aromatic heterocycles. The van der Waals surface area contributed by atoms with E-state index in [0.717, 1.165) is 6.33 Å². The summed E-state index contributed by atoms with van der Waals surface area (Å²) in [4.78, 5) is 35.7. The molecule has 0 radical (unpaired) electrons. The minimum atomic E-state index is -0.606. The molecule has 4 amide bonds. The maximum absolute atomic E-state index is 12.1. The van der Waals surface area contributed by atoms with Crippen molar-refractivity contribution >= 4 is 58.5 Å². The first-order valence-corrected chi connectivity index (χ1v) is 8.61. The molecule has 4 N–H and O–H groups in total. The fourth-order valence-electron chi connectivity index (χ4n) is 2.05. The number of rotatable bonds is 4. The molecule has 1 heterocycles. The quantitative estimate of drug-likeness (QED) is 0.498. The number of para-hydroxylation sites is 2. The summed E-state index contributed by atoms with van der Waals surface area (Å²) < 4.78 is 0. The molecular formula is C17H13Cl2N7O2. The maximum atomic E-state index is 12.1. The van der Waals surface area contributed by atoms with Gasteiger partial charge in [0.25, 0.3) is 0 Å². The Morgan fingerprint density at radius 1 is 0.679 bits per heavy atom. The Bertz CT molecular complexity index is 939. The summed E-state index contributed by atoms with van der Waals surface area (Å²) in [5.74, 6) is -0.125. The number of urea groups is 2. The van der Waals surface area contributed by atoms with E-state index in [-0.39, 0.29) is 11.9 Å². The van der Waals surface area contributed by atoms with Crippen molar-refractivity contribution in [2.75, 3.05) is 21.3 Å². The number of halogens is 2. The largest absolute Gasteiger partial charge is 0.326 e. The lowest BCUT2D eigenvalue weighted by molar-refractivity contribution is 0.261. The molecular weight excluding hydrogens is 405 g/mol. The van der Waals surface area contributed by atoms with Crippen molar-refractivity contribution in [1.29, 1.82) is 0 Å². The smallest absolute Gasteiger partial charge is 0.306 e. The molecule has 11 heteroatoms. The molecule has 9 nitrogen and oxygen atoms in total. The number of benzene rings is 2. The number of hydrogen-bond acceptors (Lipinski definition) is 5. The standard InChI is InChI=1S/C17H13Cl2N7O2/c18-10-5-1-3-7-12(10)22-16(27)25-14-20-9-21-15(24-14)26-17(28)23-13-8-4-2-6-11(13)19/h1-9H,(H4,20,21,22,23,24,25,26,27,28). The van der Waals surface area contributed by atoms with Gasteiger partial charge in [-0.3, -0.25) is 10.6 Å². The second-order valence-corrected chi connectivity index (χ2v) is 6.07. The van der Waals surface area contributed by atoms with Crippen molar-refractivity contribution in [3.8, 4) is 0 Å². The number of nitrogens with one attached hydrogen (secondary N) is 4. The van der Waals surface area contributed by atoms with Gasteiger partial charge in [-0.05, 0) is 24.3 Å². The highest BCUT2D eigenvalue weighted by Crippen LogP contribution is 2.21. The van der Waals surface area contributed by atoms with E-state index in [0.29, 0.717) is 21.4 Å². The fourth-order valence-corrected chi connectivity index (χ4v) is 2.42. The van der Waals surface area contributed by atoms with E-state index >= 15 is 0 Å². The monoisotopic (exact) mass is 417 g/mol. The lowest BCUT2D eigenvalue weighted by atomic mass is 10.3. The van der Waals surface area contributed by atoms with Crippen LogP contribution in [-0.4, -0.2) is 27.0 Å². The highest BCUT2D eigenvalue weighted by molar-refractivity contribution is 6.34. The fraction of sp³-hybridized carbons (Fsp3) is 0. The Balaban J connectivity index is 1.60. The molecule has 0 aliphatic carbocycles. The second kappa shape index (κ2) is 8.98. The molecule has 2 aromatic carbocycles. The zero-order valence-corrected chi connectivity index (χ0v) is 15.6. The van der Waals surface area contributed by atoms with Gasteiger partial charge in [0.2, 0.25) is 11.9 Å². The lowest BCUT2D eigenvalue weighted by Crippen LogP contribution is -2.23. The number of carbonyl (C=O) groups excluding carboxylic acids is 2. The third kappa shape index (κ3) is 5.29. The zero-order valence-electron chi connectivity index (χ0n) is 14.1. The van der Waals surface area contributed by atoms with E-state index in [2.05, 4.69) is 36.2 Å². The van der Waals surface area contributed by atoms with Crippen LogP contribution in [0.1, 0.15) is 0 Å². The van der Waals surface area contributed by atoms with E-state index in [1.54, 1.807) is 48.5 Å². The third-order valence-corrected chi connectivity index (χ3v) is 3.93. The number of hydrogen-bond donors (Lipinski definition) is 4. The van der Waals surface area contributed by atoms with Gasteiger partial charge in [-0.25, -0.2) is 19.6 Å². The zero-order chi connectivity index (χ0) is 19.9. The van der Waals surface area contributed by atoms with E-state index in [4.69, 9.17) is 23.2 Å². The van der Waals surface area contributed by atoms with Gasteiger partial charge in [0.05, 0.1) is 21.4 Å². The molecule has 0 atom stereocenters. The summed E-state index contributed by atoms with van der Waals surface area (Å²) in [5, 5.41) is 10.7. The van der Waals surface area contributed by atoms with Gasteiger partial charge in [0, 0.05) is 0 Å². The molecule has 0 fully saturated rings. The number of anilines is 4. The van der Waals surface area contributed by atoms with Crippen molar-refractivity contribution in [2.24, 2.45) is 0 Å². The van der Waals surface area contributed by atoms with Crippen LogP contribution in [0.2, 0.25) is 10.0 Å². The Hall–Kier alpha value is -3.43. The van der Waals surface area contributed by atoms with E-state index in [9.17, 15) is 9.59 Å². The Kier molecular flexibility index (Phi) is 6.20. The average Bonchev–Trinajstić information content (AvgIpc) is 2.66. The van der Waals surface area contributed by atoms with Crippen molar-refractivity contribution in [3.63, 3.8) is 0 Å². The van der Waals surface area contributed by atoms with E-state index in [1.807, 2.05) is 0 Å². The third-order valence-electron chi connectivity index (χ3n) is 3.27. The van der Waals surface area contributed by atoms with Gasteiger partial charge in [0.1, 0.15) is 6.33 Å². The molecule has 0 bridgehead atoms. The summed E-state index contributed by atoms with van der Waals surface area (Å²) in [6.45, 7) is 0. The van der Waals surface area contributed by atoms with Gasteiger partial charge in [-0.2, -0.15) is 4.98 Å². The number of amides is 4. The van der Waals surface area contributed by atoms with Crippen LogP contribution in [0.3, 0.4) is 0 Å². The predicted molar refractivity (Wildman–Crippen MR) is 108 cm³/mol. The second-order valence-electron chi connectivity index (χ2n) is 5.25. The van der Waals surface area contributed by atoms with Gasteiger partial charge in [-0.1, -0.05) is 47.5 Å². The minimum absolute atomic E-state index is 0.0624. The predicted octanol–water partition coefficient (Wildman–Crippen LogP) is 4.47. The van der Waals surface area contributed by atoms with Crippen molar-refractivity contribution in [3.05, 3.63) is 64.9 Å². The van der Waals surface area contributed by atoms with Crippen LogP contribution in [0, 0.1) is 0 Å². The van der Waals surface area contributed by atoms with Crippen LogP contribution < -0.4 is 21.3 Å². The molecule has 0 saturated carbocycles. The summed E-state index contributed by atoms with van der Waals surface area (Å²) in [7, 11) is 0. The molecule has 0 aliphatic heterocycles. The highest BCUT2D eigenvalue weighted by atomic mass is 35.5. The molecule has 0 spiro atoms. The topological polar surface area (TPSA) is 121 Å². The molecule has 142 valence electrons. The first kappa shape index (κ1) is 19.3. The van der Waals surface area contributed by atoms with Crippen molar-refractivity contribution < 1.29 is 9.59 Å². The average molecular weight is 418 g/mol. The van der Waals surface area contributed by atoms with Crippen LogP contribution >= 0.6 is 23.2 Å². The van der Waals surface area contributed by atoms with Crippen LogP contribution in [-0.2, 0) is 0 Å². The van der Waals surface area contributed by atoms with Crippen molar-refractivity contribution in [2.45, 2.75) is 0 Å². The highest BCUT2D eigenvalue weighted by Gasteiger charge is 2.10. The molecule has 0 unspecified atom stereocenters. The van der Waals surface area contributed by atoms with Gasteiger partial charge in [0.15, 0.2) is 0 Å². The maximum Gasteiger partial charge on any atom is 0.326 e. The minimum Gasteiger partial charge on any atom is -0.306 e. The van der Waals surface area contributed by atoms with Crippen LogP contribution in [0.4, 0.5) is 32.9 Å². The normalized spacial score (nSPS) is 10.1. The summed E-state index contributed by atoms with van der Waals surface area (Å²) >= 11 is 12.0. The summed E-state index contributed by atoms with van der Waals surface area (Å²) in [6, 6.07) is 12.3. The van der Waals surface area contributed by atoms with Gasteiger partial charge < -0.3 is 10.6 Å². The molecule has 3 rings (SSSR count). The lowest BCUT2D eigenvalue weighted by Gasteiger charge is -2.09. The van der Waals surface area contributed by atoms with Gasteiger partial charge >= 0.3 is 12.1 Å². The van der Waals surface area contributed by atoms with Gasteiger partial charge in [-0.15, -0.1) is 0 Å². The molecule has 0 aliphatic rings. The first-order valence-electron chi connectivity index (χ1n) is 7.85. The molecule has 0 saturated heterocycles. The Labute approximate surface area is 169 Å². The number of nitrogens with zero attached hydrogens (tertiary/aromatic N) is 3. The van der Waals surface area contributed by atoms with E-state index in [1.165, 1.54) is 0 Å². The van der Waals surface area contributed by atoms with Crippen LogP contribution in [0.25, 0.3) is 0 Å². The van der Waals surface area contributed by atoms with Crippen LogP contribution in [0.15, 0.2) is 54.9 Å². The molecule has 28 heavy (non-hydrogen) atoms. The summed E-state index contributed by atoms with van der Waals surface area (Å²) in [5.41, 5.74) is 0.848. The summed E-state index contributed by atoms with van der Waals surface area (Å²) in [6.07, 6.45) is 1.14. The Morgan fingerprint density at radius 3 is 1.54 bits per heavy atom. The first-order chi connectivity index (χ1) is 13.5. The SMILES string of the molecule is O=C(Nc1ncnc(NC(=O)Nc2ccccc2Cl)n1)Nc1ccccc1Cl. The van der Waals surface area contributed by atoms with E-state index < -0.39 is 12.1 Å². The van der Waals surface area contributed by atoms with Crippen LogP contribution in [0.5, 0.6) is 0 Å². The van der Waals surface area contributed by atoms with Crippen molar-refractivity contribution in [1.82, 2.24) is 15.0 Å². The Morgan fingerprint density at radius 2 is 1.11 bits per heavy atom. The number of carbonyl (C=O) groups is 2.